The normalized spacial score (nSPS) is 13.4. The zero-order chi connectivity index (χ0) is 28.2. The Morgan fingerprint density at radius 2 is 2.12 bits per heavy atom. The minimum Gasteiger partial charge on any atom is -0.494 e. The largest absolute Gasteiger partial charge is 0.494 e. The lowest BCUT2D eigenvalue weighted by atomic mass is 9.98. The highest BCUT2D eigenvalue weighted by atomic mass is 16.5. The molecule has 0 amide bonds. The van der Waals surface area contributed by atoms with Crippen LogP contribution >= 0.6 is 0 Å². The summed E-state index contributed by atoms with van der Waals surface area (Å²) in [5.41, 5.74) is 14.4. The summed E-state index contributed by atoms with van der Waals surface area (Å²) in [7, 11) is 5.59. The van der Waals surface area contributed by atoms with E-state index < -0.39 is 0 Å². The van der Waals surface area contributed by atoms with Crippen LogP contribution in [-0.2, 0) is 19.4 Å². The second-order valence-electron chi connectivity index (χ2n) is 10.6. The molecule has 3 heterocycles. The number of hydrogen-bond donors (Lipinski definition) is 4. The Labute approximate surface area is 236 Å². The summed E-state index contributed by atoms with van der Waals surface area (Å²) in [6, 6.07) is 10.4. The molecule has 0 saturated heterocycles. The minimum atomic E-state index is -0.349. The first-order valence-corrected chi connectivity index (χ1v) is 14.2. The molecule has 4 aromatic rings. The van der Waals surface area contributed by atoms with E-state index in [-0.39, 0.29) is 6.10 Å². The first-order valence-electron chi connectivity index (χ1n) is 14.2. The van der Waals surface area contributed by atoms with E-state index in [1.165, 1.54) is 16.5 Å². The maximum absolute atomic E-state index is 10.3. The predicted molar refractivity (Wildman–Crippen MR) is 164 cm³/mol. The summed E-state index contributed by atoms with van der Waals surface area (Å²) in [6.07, 6.45) is 8.07. The molecule has 40 heavy (non-hydrogen) atoms. The van der Waals surface area contributed by atoms with Crippen molar-refractivity contribution < 1.29 is 9.84 Å². The van der Waals surface area contributed by atoms with Crippen molar-refractivity contribution in [3.05, 3.63) is 53.9 Å². The smallest absolute Gasteiger partial charge is 0.227 e. The van der Waals surface area contributed by atoms with Crippen LogP contribution in [0.1, 0.15) is 37.3 Å². The van der Waals surface area contributed by atoms with Crippen molar-refractivity contribution in [2.24, 2.45) is 0 Å². The summed E-state index contributed by atoms with van der Waals surface area (Å²) < 4.78 is 8.09. The molecule has 0 aliphatic carbocycles. The van der Waals surface area contributed by atoms with Crippen molar-refractivity contribution in [3.63, 3.8) is 0 Å². The van der Waals surface area contributed by atoms with Gasteiger partial charge in [0.1, 0.15) is 5.75 Å². The van der Waals surface area contributed by atoms with E-state index in [9.17, 15) is 5.11 Å². The molecule has 2 aromatic heterocycles. The number of methoxy groups -OCH3 is 1. The highest BCUT2D eigenvalue weighted by molar-refractivity contribution is 5.98. The van der Waals surface area contributed by atoms with Crippen LogP contribution in [0.15, 0.2) is 42.7 Å². The third-order valence-electron chi connectivity index (χ3n) is 7.87. The van der Waals surface area contributed by atoms with E-state index in [1.54, 1.807) is 7.11 Å². The van der Waals surface area contributed by atoms with Crippen LogP contribution < -0.4 is 26.0 Å². The summed E-state index contributed by atoms with van der Waals surface area (Å²) in [6.45, 7) is 4.66. The second kappa shape index (κ2) is 12.1. The number of aryl methyl sites for hydroxylation is 3. The van der Waals surface area contributed by atoms with Crippen molar-refractivity contribution in [3.8, 4) is 17.0 Å². The third-order valence-corrected chi connectivity index (χ3v) is 7.87. The number of aromatic nitrogens is 3. The quantitative estimate of drug-likeness (QED) is 0.190. The van der Waals surface area contributed by atoms with Gasteiger partial charge in [-0.2, -0.15) is 0 Å². The maximum atomic E-state index is 10.3. The van der Waals surface area contributed by atoms with Crippen molar-refractivity contribution in [1.29, 1.82) is 0 Å². The number of ether oxygens (including phenoxy) is 1. The Hall–Kier alpha value is -3.82. The van der Waals surface area contributed by atoms with Gasteiger partial charge in [0, 0.05) is 56.1 Å². The molecule has 9 heteroatoms. The van der Waals surface area contributed by atoms with Gasteiger partial charge in [-0.25, -0.2) is 9.97 Å². The number of hydrogen-bond acceptors (Lipinski definition) is 8. The fraction of sp³-hybridized carbons (Fsp3) is 0.419. The van der Waals surface area contributed by atoms with E-state index in [0.29, 0.717) is 35.9 Å². The van der Waals surface area contributed by atoms with Crippen LogP contribution in [0, 0.1) is 0 Å². The van der Waals surface area contributed by atoms with Crippen molar-refractivity contribution >= 4 is 33.9 Å². The number of nitrogens with one attached hydrogen (secondary N) is 2. The number of para-hydroxylation sites is 1. The van der Waals surface area contributed by atoms with Gasteiger partial charge in [0.2, 0.25) is 5.95 Å². The number of likely N-dealkylation sites (N-methyl/N-ethyl adjacent to an activating group) is 2. The minimum absolute atomic E-state index is 0.349. The first-order chi connectivity index (χ1) is 19.4. The topological polar surface area (TPSA) is 113 Å². The van der Waals surface area contributed by atoms with Crippen molar-refractivity contribution in [1.82, 2.24) is 19.9 Å². The molecule has 0 spiro atoms. The Kier molecular flexibility index (Phi) is 8.42. The number of aliphatic hydroxyl groups excluding tert-OH is 1. The molecular formula is C31H41N7O2. The van der Waals surface area contributed by atoms with Gasteiger partial charge < -0.3 is 35.7 Å². The summed E-state index contributed by atoms with van der Waals surface area (Å²) in [4.78, 5) is 11.8. The first kappa shape index (κ1) is 27.7. The van der Waals surface area contributed by atoms with Crippen LogP contribution in [0.5, 0.6) is 5.75 Å². The average Bonchev–Trinajstić information content (AvgIpc) is 3.35. The maximum Gasteiger partial charge on any atom is 0.227 e. The van der Waals surface area contributed by atoms with E-state index in [4.69, 9.17) is 15.5 Å². The molecule has 9 nitrogen and oxygen atoms in total. The van der Waals surface area contributed by atoms with E-state index in [2.05, 4.69) is 49.5 Å². The van der Waals surface area contributed by atoms with Crippen LogP contribution in [0.25, 0.3) is 22.2 Å². The second-order valence-corrected chi connectivity index (χ2v) is 10.6. The van der Waals surface area contributed by atoms with Gasteiger partial charge in [-0.05, 0) is 56.3 Å². The molecular weight excluding hydrogens is 502 g/mol. The van der Waals surface area contributed by atoms with Crippen LogP contribution in [0.3, 0.4) is 0 Å². The van der Waals surface area contributed by atoms with Crippen LogP contribution in [-0.4, -0.2) is 60.0 Å². The third kappa shape index (κ3) is 5.57. The van der Waals surface area contributed by atoms with Gasteiger partial charge in [0.15, 0.2) is 0 Å². The van der Waals surface area contributed by atoms with Gasteiger partial charge >= 0.3 is 0 Å². The van der Waals surface area contributed by atoms with E-state index in [0.717, 1.165) is 61.4 Å². The van der Waals surface area contributed by atoms with Crippen molar-refractivity contribution in [2.75, 3.05) is 50.2 Å². The number of anilines is 4. The lowest BCUT2D eigenvalue weighted by Crippen LogP contribution is -2.27. The van der Waals surface area contributed by atoms with Crippen molar-refractivity contribution in [2.45, 2.75) is 51.7 Å². The number of aliphatic hydroxyl groups is 1. The van der Waals surface area contributed by atoms with Crippen LogP contribution in [0.2, 0.25) is 0 Å². The van der Waals surface area contributed by atoms with Gasteiger partial charge in [0.25, 0.3) is 0 Å². The fourth-order valence-corrected chi connectivity index (χ4v) is 5.56. The lowest BCUT2D eigenvalue weighted by molar-refractivity contribution is 0.160. The van der Waals surface area contributed by atoms with E-state index in [1.807, 2.05) is 39.3 Å². The number of nitrogens with two attached hydrogens (primary N) is 1. The van der Waals surface area contributed by atoms with E-state index >= 15 is 0 Å². The highest BCUT2D eigenvalue weighted by Crippen LogP contribution is 2.39. The average molecular weight is 544 g/mol. The molecule has 5 rings (SSSR count). The molecule has 212 valence electrons. The Morgan fingerprint density at radius 3 is 2.90 bits per heavy atom. The van der Waals surface area contributed by atoms with Gasteiger partial charge in [-0.3, -0.25) is 0 Å². The Balaban J connectivity index is 1.54. The van der Waals surface area contributed by atoms with Crippen LogP contribution in [0.4, 0.5) is 23.0 Å². The molecule has 1 aliphatic rings. The van der Waals surface area contributed by atoms with Gasteiger partial charge in [-0.15, -0.1) is 0 Å². The Bertz CT molecular complexity index is 1480. The van der Waals surface area contributed by atoms with Gasteiger partial charge in [0.05, 0.1) is 41.5 Å². The number of benzene rings is 2. The molecule has 1 unspecified atom stereocenters. The number of nitrogen functional groups attached to an aromatic ring is 1. The number of rotatable bonds is 12. The molecule has 1 aliphatic heterocycles. The Morgan fingerprint density at radius 1 is 1.27 bits per heavy atom. The monoisotopic (exact) mass is 543 g/mol. The molecule has 0 radical (unpaired) electrons. The molecule has 0 bridgehead atoms. The molecule has 5 N–H and O–H groups in total. The zero-order valence-electron chi connectivity index (χ0n) is 24.0. The fourth-order valence-electron chi connectivity index (χ4n) is 5.56. The summed E-state index contributed by atoms with van der Waals surface area (Å²) >= 11 is 0. The molecule has 0 saturated carbocycles. The standard InChI is InChI=1S/C31H41N7O2/c1-5-22(39)12-11-21-18-34-31(35-26-16-25(32)27(17-28(26)40-4)37(3)15-13-33-2)36-29(21)24-19-38-14-7-9-20-8-6-10-23(24)30(20)38/h6,8,10,16-19,22,33,39H,5,7,9,11-15,32H2,1-4H3,(H,34,35,36). The SMILES string of the molecule is CCC(O)CCc1cnc(Nc2cc(N)c(N(C)CCNC)cc2OC)nc1-c1cn2c3c(cccc13)CCC2. The highest BCUT2D eigenvalue weighted by Gasteiger charge is 2.21. The molecule has 2 aromatic carbocycles. The lowest BCUT2D eigenvalue weighted by Gasteiger charge is -2.23. The predicted octanol–water partition coefficient (Wildman–Crippen LogP) is 4.74. The zero-order valence-corrected chi connectivity index (χ0v) is 24.0. The summed E-state index contributed by atoms with van der Waals surface area (Å²) in [5, 5.41) is 18.0. The summed E-state index contributed by atoms with van der Waals surface area (Å²) in [5.74, 6) is 1.13. The van der Waals surface area contributed by atoms with Gasteiger partial charge in [-0.1, -0.05) is 25.1 Å². The number of nitrogens with zero attached hydrogens (tertiary/aromatic N) is 4. The molecule has 0 fully saturated rings. The molecule has 1 atom stereocenters.